The monoisotopic (exact) mass is 138 g/mol. The molecule has 0 spiro atoms. The molecule has 0 rings (SSSR count). The first kappa shape index (κ1) is 9.26. The van der Waals surface area contributed by atoms with Crippen LogP contribution in [0, 0.1) is 17.3 Å². The van der Waals surface area contributed by atoms with Gasteiger partial charge in [-0.05, 0) is 20.8 Å². The number of aliphatic hydroxyl groups is 1. The highest BCUT2D eigenvalue weighted by Crippen LogP contribution is 2.09. The minimum absolute atomic E-state index is 0.00188. The Labute approximate surface area is 62.8 Å². The Balaban J connectivity index is 4.05. The Morgan fingerprint density at radius 2 is 2.00 bits per heavy atom. The fraction of sp³-hybridized carbons (Fsp3) is 0.556. The van der Waals surface area contributed by atoms with Crippen LogP contribution >= 0.6 is 0 Å². The van der Waals surface area contributed by atoms with Crippen molar-refractivity contribution in [1.29, 1.82) is 0 Å². The van der Waals surface area contributed by atoms with Crippen LogP contribution in [0.4, 0.5) is 0 Å². The van der Waals surface area contributed by atoms with Gasteiger partial charge >= 0.3 is 0 Å². The summed E-state index contributed by atoms with van der Waals surface area (Å²) >= 11 is 0. The molecule has 0 aromatic carbocycles. The van der Waals surface area contributed by atoms with Crippen molar-refractivity contribution in [3.8, 4) is 11.8 Å². The van der Waals surface area contributed by atoms with E-state index in [2.05, 4.69) is 18.4 Å². The third kappa shape index (κ3) is 5.40. The lowest BCUT2D eigenvalue weighted by atomic mass is 9.97. The first-order chi connectivity index (χ1) is 4.45. The third-order valence-corrected chi connectivity index (χ3v) is 0.805. The summed E-state index contributed by atoms with van der Waals surface area (Å²) in [5.74, 6) is 5.74. The van der Waals surface area contributed by atoms with Gasteiger partial charge in [0.15, 0.2) is 0 Å². The molecule has 0 aliphatic heterocycles. The largest absolute Gasteiger partial charge is 0.391 e. The molecule has 0 saturated heterocycles. The summed E-state index contributed by atoms with van der Waals surface area (Å²) in [6.07, 6.45) is 0. The Morgan fingerprint density at radius 1 is 1.50 bits per heavy atom. The van der Waals surface area contributed by atoms with Crippen LogP contribution < -0.4 is 0 Å². The van der Waals surface area contributed by atoms with Crippen LogP contribution in [0.1, 0.15) is 20.8 Å². The van der Waals surface area contributed by atoms with Crippen molar-refractivity contribution < 1.29 is 5.11 Å². The van der Waals surface area contributed by atoms with Crippen molar-refractivity contribution in [2.45, 2.75) is 20.8 Å². The second-order valence-electron chi connectivity index (χ2n) is 3.26. The van der Waals surface area contributed by atoms with E-state index in [-0.39, 0.29) is 12.0 Å². The van der Waals surface area contributed by atoms with Gasteiger partial charge in [0, 0.05) is 11.0 Å². The van der Waals surface area contributed by atoms with Gasteiger partial charge in [0.25, 0.3) is 0 Å². The van der Waals surface area contributed by atoms with Gasteiger partial charge in [-0.25, -0.2) is 0 Å². The van der Waals surface area contributed by atoms with Crippen LogP contribution in [-0.4, -0.2) is 11.7 Å². The summed E-state index contributed by atoms with van der Waals surface area (Å²) in [6.45, 7) is 9.57. The molecular formula is C9H14O. The molecule has 0 atom stereocenters. The Morgan fingerprint density at radius 3 is 2.30 bits per heavy atom. The Hall–Kier alpha value is -0.740. The molecule has 1 N–H and O–H groups in total. The fourth-order valence-corrected chi connectivity index (χ4v) is 0.315. The van der Waals surface area contributed by atoms with Crippen LogP contribution in [0.25, 0.3) is 0 Å². The molecule has 0 aliphatic carbocycles. The maximum atomic E-state index is 8.53. The van der Waals surface area contributed by atoms with Gasteiger partial charge in [-0.3, -0.25) is 0 Å². The van der Waals surface area contributed by atoms with E-state index in [0.717, 1.165) is 0 Å². The van der Waals surface area contributed by atoms with Crippen molar-refractivity contribution in [3.63, 3.8) is 0 Å². The van der Waals surface area contributed by atoms with Crippen molar-refractivity contribution in [3.05, 3.63) is 12.2 Å². The summed E-state index contributed by atoms with van der Waals surface area (Å²) in [4.78, 5) is 0. The highest BCUT2D eigenvalue weighted by molar-refractivity contribution is 5.27. The molecule has 0 aromatic heterocycles. The van der Waals surface area contributed by atoms with E-state index in [0.29, 0.717) is 5.57 Å². The summed E-state index contributed by atoms with van der Waals surface area (Å²) in [7, 11) is 0. The lowest BCUT2D eigenvalue weighted by molar-refractivity contribution is 0.336. The predicted molar refractivity (Wildman–Crippen MR) is 43.5 cm³/mol. The van der Waals surface area contributed by atoms with E-state index >= 15 is 0 Å². The first-order valence-electron chi connectivity index (χ1n) is 3.27. The van der Waals surface area contributed by atoms with E-state index in [9.17, 15) is 0 Å². The van der Waals surface area contributed by atoms with Gasteiger partial charge in [-0.15, -0.1) is 0 Å². The van der Waals surface area contributed by atoms with E-state index in [1.54, 1.807) is 0 Å². The van der Waals surface area contributed by atoms with Crippen LogP contribution in [0.5, 0.6) is 0 Å². The first-order valence-corrected chi connectivity index (χ1v) is 3.27. The Bertz CT molecular complexity index is 173. The van der Waals surface area contributed by atoms with Crippen LogP contribution in [0.3, 0.4) is 0 Å². The van der Waals surface area contributed by atoms with Crippen LogP contribution in [0.2, 0.25) is 0 Å². The normalized spacial score (nSPS) is 10.0. The molecule has 0 bridgehead atoms. The minimum atomic E-state index is -0.0386. The molecule has 1 nitrogen and oxygen atoms in total. The van der Waals surface area contributed by atoms with Gasteiger partial charge in [-0.1, -0.05) is 18.4 Å². The lowest BCUT2D eigenvalue weighted by Gasteiger charge is -2.06. The number of rotatable bonds is 1. The van der Waals surface area contributed by atoms with E-state index in [4.69, 9.17) is 5.11 Å². The highest BCUT2D eigenvalue weighted by Gasteiger charge is 2.02. The molecule has 1 heteroatoms. The standard InChI is InChI=1S/C9H14O/c1-8(7-10)5-6-9(2,3)4/h10H,1,7H2,2-4H3. The SMILES string of the molecule is C=C(C#CC(C)(C)C)CO. The molecule has 0 aliphatic rings. The molecule has 56 valence electrons. The third-order valence-electron chi connectivity index (χ3n) is 0.805. The van der Waals surface area contributed by atoms with Gasteiger partial charge in [0.2, 0.25) is 0 Å². The molecule has 0 unspecified atom stereocenters. The van der Waals surface area contributed by atoms with Crippen molar-refractivity contribution >= 4 is 0 Å². The predicted octanol–water partition coefficient (Wildman–Crippen LogP) is 1.58. The fourth-order valence-electron chi connectivity index (χ4n) is 0.315. The Kier molecular flexibility index (Phi) is 3.18. The van der Waals surface area contributed by atoms with Crippen LogP contribution in [-0.2, 0) is 0 Å². The second kappa shape index (κ2) is 3.43. The van der Waals surface area contributed by atoms with E-state index < -0.39 is 0 Å². The summed E-state index contributed by atoms with van der Waals surface area (Å²) in [6, 6.07) is 0. The van der Waals surface area contributed by atoms with Gasteiger partial charge in [0.05, 0.1) is 6.61 Å². The van der Waals surface area contributed by atoms with Gasteiger partial charge in [-0.2, -0.15) is 0 Å². The average molecular weight is 138 g/mol. The second-order valence-corrected chi connectivity index (χ2v) is 3.26. The number of hydrogen-bond acceptors (Lipinski definition) is 1. The summed E-state index contributed by atoms with van der Waals surface area (Å²) < 4.78 is 0. The van der Waals surface area contributed by atoms with E-state index in [1.165, 1.54) is 0 Å². The zero-order valence-electron chi connectivity index (χ0n) is 6.86. The molecule has 0 fully saturated rings. The highest BCUT2D eigenvalue weighted by atomic mass is 16.3. The molecule has 0 radical (unpaired) electrons. The maximum absolute atomic E-state index is 8.53. The molecule has 0 aromatic rings. The molecule has 0 heterocycles. The minimum Gasteiger partial charge on any atom is -0.391 e. The zero-order valence-corrected chi connectivity index (χ0v) is 6.86. The molecule has 0 amide bonds. The van der Waals surface area contributed by atoms with Gasteiger partial charge in [0.1, 0.15) is 0 Å². The summed E-state index contributed by atoms with van der Waals surface area (Å²) in [5.41, 5.74) is 0.577. The van der Waals surface area contributed by atoms with Crippen molar-refractivity contribution in [2.75, 3.05) is 6.61 Å². The lowest BCUT2D eigenvalue weighted by Crippen LogP contribution is -1.99. The zero-order chi connectivity index (χ0) is 8.20. The number of hydrogen-bond donors (Lipinski definition) is 1. The number of aliphatic hydroxyl groups excluding tert-OH is 1. The molecule has 10 heavy (non-hydrogen) atoms. The smallest absolute Gasteiger partial charge is 0.0754 e. The maximum Gasteiger partial charge on any atom is 0.0754 e. The van der Waals surface area contributed by atoms with E-state index in [1.807, 2.05) is 20.8 Å². The topological polar surface area (TPSA) is 20.2 Å². The van der Waals surface area contributed by atoms with Crippen molar-refractivity contribution in [2.24, 2.45) is 5.41 Å². The molecule has 0 saturated carbocycles. The summed E-state index contributed by atoms with van der Waals surface area (Å²) in [5, 5.41) is 8.53. The van der Waals surface area contributed by atoms with Crippen molar-refractivity contribution in [1.82, 2.24) is 0 Å². The van der Waals surface area contributed by atoms with Crippen LogP contribution in [0.15, 0.2) is 12.2 Å². The quantitative estimate of drug-likeness (QED) is 0.545. The van der Waals surface area contributed by atoms with Gasteiger partial charge < -0.3 is 5.11 Å². The molecular weight excluding hydrogens is 124 g/mol. The average Bonchev–Trinajstić information content (AvgIpc) is 1.81.